The van der Waals surface area contributed by atoms with Crippen molar-refractivity contribution < 1.29 is 33.6 Å². The van der Waals surface area contributed by atoms with Crippen LogP contribution >= 0.6 is 0 Å². The molecule has 0 radical (unpaired) electrons. The number of rotatable bonds is 6. The highest BCUT2D eigenvalue weighted by Crippen LogP contribution is 2.45. The third-order valence-corrected chi connectivity index (χ3v) is 5.78. The van der Waals surface area contributed by atoms with Gasteiger partial charge in [0.15, 0.2) is 0 Å². The molecule has 1 saturated carbocycles. The lowest BCUT2D eigenvalue weighted by Gasteiger charge is -2.56. The standard InChI is InChI=1S/C20H28O7/c1-19(23-3)20(2,24-4)27-18-16(22)15(10-14(11-21)17(18)26-19)25-12-13-8-6-5-7-9-13/h5-9,11,14-18,22H,10,12H2,1-4H3/t14-,15+,16-,17-,18-,19+,20+/m1/s1. The molecule has 0 spiro atoms. The SMILES string of the molecule is CO[C@@]1(C)O[C@@H]2[C@H](O)[C@@H](OCc3ccccc3)C[C@H](C=O)[C@H]2O[C@]1(C)OC. The van der Waals surface area contributed by atoms with Crippen LogP contribution in [0.5, 0.6) is 0 Å². The number of hydrogen-bond acceptors (Lipinski definition) is 7. The van der Waals surface area contributed by atoms with Crippen molar-refractivity contribution in [1.82, 2.24) is 0 Å². The van der Waals surface area contributed by atoms with E-state index in [0.717, 1.165) is 11.8 Å². The maximum absolute atomic E-state index is 11.7. The average Bonchev–Trinajstić information content (AvgIpc) is 2.70. The minimum absolute atomic E-state index is 0.337. The lowest BCUT2D eigenvalue weighted by Crippen LogP contribution is -2.71. The number of carbonyl (C=O) groups is 1. The van der Waals surface area contributed by atoms with Gasteiger partial charge in [0, 0.05) is 20.1 Å². The molecule has 1 aromatic rings. The predicted molar refractivity (Wildman–Crippen MR) is 95.8 cm³/mol. The summed E-state index contributed by atoms with van der Waals surface area (Å²) in [7, 11) is 2.97. The van der Waals surface area contributed by atoms with E-state index in [0.29, 0.717) is 13.0 Å². The fourth-order valence-corrected chi connectivity index (χ4v) is 3.76. The smallest absolute Gasteiger partial charge is 0.220 e. The van der Waals surface area contributed by atoms with E-state index in [1.165, 1.54) is 14.2 Å². The zero-order valence-corrected chi connectivity index (χ0v) is 16.2. The number of fused-ring (bicyclic) bond motifs is 1. The van der Waals surface area contributed by atoms with Gasteiger partial charge in [-0.05, 0) is 25.8 Å². The third kappa shape index (κ3) is 3.68. The molecule has 1 saturated heterocycles. The lowest BCUT2D eigenvalue weighted by molar-refractivity contribution is -0.463. The van der Waals surface area contributed by atoms with Gasteiger partial charge >= 0.3 is 0 Å². The molecule has 1 aliphatic carbocycles. The zero-order chi connectivity index (χ0) is 19.7. The molecule has 7 heteroatoms. The van der Waals surface area contributed by atoms with E-state index in [-0.39, 0.29) is 0 Å². The second-order valence-electron chi connectivity index (χ2n) is 7.33. The first-order valence-corrected chi connectivity index (χ1v) is 9.12. The van der Waals surface area contributed by atoms with Crippen molar-refractivity contribution in [1.29, 1.82) is 0 Å². The molecule has 0 amide bonds. The summed E-state index contributed by atoms with van der Waals surface area (Å²) < 4.78 is 29.1. The fourth-order valence-electron chi connectivity index (χ4n) is 3.76. The number of aliphatic hydroxyl groups is 1. The predicted octanol–water partition coefficient (Wildman–Crippen LogP) is 1.66. The number of carbonyl (C=O) groups excluding carboxylic acids is 1. The molecule has 7 nitrogen and oxygen atoms in total. The summed E-state index contributed by atoms with van der Waals surface area (Å²) in [5.41, 5.74) is 0.990. The molecule has 0 unspecified atom stereocenters. The Kier molecular flexibility index (Phi) is 6.00. The quantitative estimate of drug-likeness (QED) is 0.752. The van der Waals surface area contributed by atoms with E-state index in [1.807, 2.05) is 30.3 Å². The van der Waals surface area contributed by atoms with E-state index in [2.05, 4.69) is 0 Å². The third-order valence-electron chi connectivity index (χ3n) is 5.78. The van der Waals surface area contributed by atoms with Crippen LogP contribution in [0.4, 0.5) is 0 Å². The topological polar surface area (TPSA) is 83.5 Å². The molecule has 27 heavy (non-hydrogen) atoms. The number of ether oxygens (including phenoxy) is 5. The Hall–Kier alpha value is -1.35. The Balaban J connectivity index is 1.79. The van der Waals surface area contributed by atoms with E-state index in [1.54, 1.807) is 13.8 Å². The van der Waals surface area contributed by atoms with E-state index in [4.69, 9.17) is 23.7 Å². The van der Waals surface area contributed by atoms with Crippen LogP contribution in [0.1, 0.15) is 25.8 Å². The minimum atomic E-state index is -1.25. The summed E-state index contributed by atoms with van der Waals surface area (Å²) in [4.78, 5) is 11.7. The molecule has 1 heterocycles. The summed E-state index contributed by atoms with van der Waals surface area (Å²) in [6, 6.07) is 9.67. The van der Waals surface area contributed by atoms with Gasteiger partial charge in [-0.1, -0.05) is 30.3 Å². The van der Waals surface area contributed by atoms with Crippen molar-refractivity contribution in [3.8, 4) is 0 Å². The summed E-state index contributed by atoms with van der Waals surface area (Å²) in [6.45, 7) is 3.71. The van der Waals surface area contributed by atoms with Gasteiger partial charge in [0.2, 0.25) is 11.6 Å². The molecular formula is C20H28O7. The van der Waals surface area contributed by atoms with Crippen molar-refractivity contribution in [2.45, 2.75) is 62.9 Å². The molecular weight excluding hydrogens is 352 g/mol. The molecule has 0 aromatic heterocycles. The zero-order valence-electron chi connectivity index (χ0n) is 16.2. The van der Waals surface area contributed by atoms with Crippen LogP contribution < -0.4 is 0 Å². The molecule has 7 atom stereocenters. The van der Waals surface area contributed by atoms with E-state index < -0.39 is 41.9 Å². The van der Waals surface area contributed by atoms with Crippen LogP contribution in [0, 0.1) is 5.92 Å². The van der Waals surface area contributed by atoms with Gasteiger partial charge in [-0.25, -0.2) is 0 Å². The van der Waals surface area contributed by atoms with Gasteiger partial charge in [0.05, 0.1) is 18.8 Å². The Bertz CT molecular complexity index is 638. The first kappa shape index (κ1) is 20.4. The first-order valence-electron chi connectivity index (χ1n) is 9.12. The van der Waals surface area contributed by atoms with Crippen LogP contribution in [-0.2, 0) is 35.1 Å². The number of methoxy groups -OCH3 is 2. The minimum Gasteiger partial charge on any atom is -0.388 e. The fraction of sp³-hybridized carbons (Fsp3) is 0.650. The maximum atomic E-state index is 11.7. The molecule has 2 fully saturated rings. The van der Waals surface area contributed by atoms with Gasteiger partial charge < -0.3 is 33.6 Å². The van der Waals surface area contributed by atoms with Crippen molar-refractivity contribution >= 4 is 6.29 Å². The van der Waals surface area contributed by atoms with Crippen molar-refractivity contribution in [3.05, 3.63) is 35.9 Å². The van der Waals surface area contributed by atoms with E-state index >= 15 is 0 Å². The summed E-state index contributed by atoms with van der Waals surface area (Å²) in [5, 5.41) is 10.9. The van der Waals surface area contributed by atoms with Gasteiger partial charge in [0.25, 0.3) is 0 Å². The van der Waals surface area contributed by atoms with Gasteiger partial charge in [-0.2, -0.15) is 0 Å². The molecule has 150 valence electrons. The van der Waals surface area contributed by atoms with Crippen LogP contribution in [-0.4, -0.2) is 61.6 Å². The summed E-state index contributed by atoms with van der Waals surface area (Å²) in [5.74, 6) is -2.96. The van der Waals surface area contributed by atoms with Gasteiger partial charge in [-0.3, -0.25) is 0 Å². The van der Waals surface area contributed by atoms with Crippen molar-refractivity contribution in [3.63, 3.8) is 0 Å². The summed E-state index contributed by atoms with van der Waals surface area (Å²) >= 11 is 0. The lowest BCUT2D eigenvalue weighted by atomic mass is 9.79. The highest BCUT2D eigenvalue weighted by atomic mass is 16.8. The van der Waals surface area contributed by atoms with Crippen LogP contribution in [0.15, 0.2) is 30.3 Å². The Morgan fingerprint density at radius 3 is 2.26 bits per heavy atom. The molecule has 1 N–H and O–H groups in total. The van der Waals surface area contributed by atoms with Crippen molar-refractivity contribution in [2.75, 3.05) is 14.2 Å². The number of hydrogen-bond donors (Lipinski definition) is 1. The Labute approximate surface area is 159 Å². The number of aliphatic hydroxyl groups excluding tert-OH is 1. The monoisotopic (exact) mass is 380 g/mol. The normalized spacial score (nSPS) is 41.7. The van der Waals surface area contributed by atoms with Gasteiger partial charge in [0.1, 0.15) is 18.5 Å². The highest BCUT2D eigenvalue weighted by Gasteiger charge is 2.61. The van der Waals surface area contributed by atoms with Gasteiger partial charge in [-0.15, -0.1) is 0 Å². The largest absolute Gasteiger partial charge is 0.388 e. The molecule has 0 bridgehead atoms. The maximum Gasteiger partial charge on any atom is 0.220 e. The second-order valence-corrected chi connectivity index (χ2v) is 7.33. The first-order chi connectivity index (χ1) is 12.9. The number of benzene rings is 1. The molecule has 1 aliphatic heterocycles. The molecule has 3 rings (SSSR count). The average molecular weight is 380 g/mol. The molecule has 2 aliphatic rings. The molecule has 1 aromatic carbocycles. The van der Waals surface area contributed by atoms with Crippen LogP contribution in [0.2, 0.25) is 0 Å². The number of aldehydes is 1. The van der Waals surface area contributed by atoms with Crippen LogP contribution in [0.3, 0.4) is 0 Å². The summed E-state index contributed by atoms with van der Waals surface area (Å²) in [6.07, 6.45) is -1.78. The van der Waals surface area contributed by atoms with E-state index in [9.17, 15) is 9.90 Å². The highest BCUT2D eigenvalue weighted by molar-refractivity contribution is 5.55. The Morgan fingerprint density at radius 1 is 1.11 bits per heavy atom. The Morgan fingerprint density at radius 2 is 1.70 bits per heavy atom. The van der Waals surface area contributed by atoms with Crippen LogP contribution in [0.25, 0.3) is 0 Å². The second kappa shape index (κ2) is 7.95. The van der Waals surface area contributed by atoms with Crippen molar-refractivity contribution in [2.24, 2.45) is 5.92 Å².